The van der Waals surface area contributed by atoms with Gasteiger partial charge in [0.2, 0.25) is 0 Å². The van der Waals surface area contributed by atoms with Gasteiger partial charge in [0.25, 0.3) is 5.91 Å². The number of hydrogen-bond acceptors (Lipinski definition) is 3. The molecular weight excluding hydrogens is 394 g/mol. The van der Waals surface area contributed by atoms with Crippen LogP contribution in [0.3, 0.4) is 0 Å². The second-order valence-electron chi connectivity index (χ2n) is 5.63. The van der Waals surface area contributed by atoms with E-state index in [1.54, 1.807) is 19.2 Å². The standard InChI is InChI=1S/C21H18BrNO3/c1-25-19-9-4-8-18(13-19)23-21(24)16-6-2-5-15(11-16)14-26-20-10-3-7-17(22)12-20/h2-13H,14H2,1H3,(H,23,24). The molecule has 5 heteroatoms. The van der Waals surface area contributed by atoms with Gasteiger partial charge in [0, 0.05) is 21.8 Å². The van der Waals surface area contributed by atoms with Crippen molar-refractivity contribution in [3.63, 3.8) is 0 Å². The summed E-state index contributed by atoms with van der Waals surface area (Å²) in [5.74, 6) is 1.28. The van der Waals surface area contributed by atoms with Crippen LogP contribution in [0.4, 0.5) is 5.69 Å². The van der Waals surface area contributed by atoms with Crippen LogP contribution >= 0.6 is 15.9 Å². The first-order valence-electron chi connectivity index (χ1n) is 8.07. The molecule has 0 aromatic heterocycles. The number of benzene rings is 3. The summed E-state index contributed by atoms with van der Waals surface area (Å²) in [5.41, 5.74) is 2.18. The number of carbonyl (C=O) groups excluding carboxylic acids is 1. The number of amides is 1. The molecule has 1 amide bonds. The number of ether oxygens (including phenoxy) is 2. The molecule has 0 heterocycles. The van der Waals surface area contributed by atoms with Crippen LogP contribution in [-0.2, 0) is 6.61 Å². The summed E-state index contributed by atoms with van der Waals surface area (Å²) >= 11 is 3.42. The van der Waals surface area contributed by atoms with Crippen LogP contribution in [0.2, 0.25) is 0 Å². The monoisotopic (exact) mass is 411 g/mol. The first-order valence-corrected chi connectivity index (χ1v) is 8.86. The molecule has 3 rings (SSSR count). The van der Waals surface area contributed by atoms with Crippen molar-refractivity contribution in [2.45, 2.75) is 6.61 Å². The second-order valence-corrected chi connectivity index (χ2v) is 6.55. The normalized spacial score (nSPS) is 10.2. The number of halogens is 1. The number of carbonyl (C=O) groups is 1. The van der Waals surface area contributed by atoms with Crippen LogP contribution in [0.25, 0.3) is 0 Å². The van der Waals surface area contributed by atoms with Crippen LogP contribution < -0.4 is 14.8 Å². The third-order valence-electron chi connectivity index (χ3n) is 3.72. The van der Waals surface area contributed by atoms with Crippen LogP contribution in [-0.4, -0.2) is 13.0 Å². The molecule has 1 N–H and O–H groups in total. The van der Waals surface area contributed by atoms with E-state index in [2.05, 4.69) is 21.2 Å². The Morgan fingerprint density at radius 3 is 2.54 bits per heavy atom. The van der Waals surface area contributed by atoms with E-state index in [1.807, 2.05) is 60.7 Å². The molecule has 0 bridgehead atoms. The lowest BCUT2D eigenvalue weighted by Gasteiger charge is -2.09. The van der Waals surface area contributed by atoms with Crippen molar-refractivity contribution in [2.24, 2.45) is 0 Å². The highest BCUT2D eigenvalue weighted by molar-refractivity contribution is 9.10. The zero-order valence-electron chi connectivity index (χ0n) is 14.2. The van der Waals surface area contributed by atoms with Gasteiger partial charge in [0.15, 0.2) is 0 Å². The number of rotatable bonds is 6. The molecule has 4 nitrogen and oxygen atoms in total. The lowest BCUT2D eigenvalue weighted by Crippen LogP contribution is -2.12. The van der Waals surface area contributed by atoms with Crippen molar-refractivity contribution < 1.29 is 14.3 Å². The van der Waals surface area contributed by atoms with E-state index in [0.29, 0.717) is 23.6 Å². The Morgan fingerprint density at radius 2 is 1.73 bits per heavy atom. The molecule has 132 valence electrons. The summed E-state index contributed by atoms with van der Waals surface area (Å²) in [7, 11) is 1.59. The fourth-order valence-corrected chi connectivity index (χ4v) is 2.81. The Bertz CT molecular complexity index is 911. The quantitative estimate of drug-likeness (QED) is 0.599. The van der Waals surface area contributed by atoms with E-state index in [-0.39, 0.29) is 5.91 Å². The van der Waals surface area contributed by atoms with Gasteiger partial charge in [0.05, 0.1) is 7.11 Å². The minimum absolute atomic E-state index is 0.178. The minimum atomic E-state index is -0.178. The molecule has 0 fully saturated rings. The predicted octanol–water partition coefficient (Wildman–Crippen LogP) is 5.29. The summed E-state index contributed by atoms with van der Waals surface area (Å²) in [6.45, 7) is 0.386. The van der Waals surface area contributed by atoms with Gasteiger partial charge >= 0.3 is 0 Å². The van der Waals surface area contributed by atoms with Gasteiger partial charge in [-0.05, 0) is 48.0 Å². The van der Waals surface area contributed by atoms with Crippen LogP contribution in [0, 0.1) is 0 Å². The zero-order valence-corrected chi connectivity index (χ0v) is 15.8. The molecule has 0 aliphatic rings. The molecule has 0 aliphatic carbocycles. The topological polar surface area (TPSA) is 47.6 Å². The highest BCUT2D eigenvalue weighted by atomic mass is 79.9. The van der Waals surface area contributed by atoms with E-state index in [9.17, 15) is 4.79 Å². The average molecular weight is 412 g/mol. The summed E-state index contributed by atoms with van der Waals surface area (Å²) < 4.78 is 11.9. The van der Waals surface area contributed by atoms with E-state index in [0.717, 1.165) is 15.8 Å². The van der Waals surface area contributed by atoms with Crippen LogP contribution in [0.1, 0.15) is 15.9 Å². The van der Waals surface area contributed by atoms with Crippen molar-refractivity contribution in [1.29, 1.82) is 0 Å². The number of nitrogens with one attached hydrogen (secondary N) is 1. The lowest BCUT2D eigenvalue weighted by atomic mass is 10.1. The number of hydrogen-bond donors (Lipinski definition) is 1. The van der Waals surface area contributed by atoms with Crippen molar-refractivity contribution in [3.05, 3.63) is 88.4 Å². The third-order valence-corrected chi connectivity index (χ3v) is 4.21. The largest absolute Gasteiger partial charge is 0.497 e. The molecule has 26 heavy (non-hydrogen) atoms. The molecule has 0 radical (unpaired) electrons. The molecule has 0 saturated carbocycles. The fourth-order valence-electron chi connectivity index (χ4n) is 2.43. The maximum atomic E-state index is 12.5. The third kappa shape index (κ3) is 4.86. The van der Waals surface area contributed by atoms with Gasteiger partial charge in [0.1, 0.15) is 18.1 Å². The molecule has 3 aromatic rings. The molecule has 0 spiro atoms. The van der Waals surface area contributed by atoms with E-state index in [4.69, 9.17) is 9.47 Å². The zero-order chi connectivity index (χ0) is 18.4. The number of anilines is 1. The van der Waals surface area contributed by atoms with Crippen molar-refractivity contribution in [1.82, 2.24) is 0 Å². The predicted molar refractivity (Wildman–Crippen MR) is 106 cm³/mol. The average Bonchev–Trinajstić information content (AvgIpc) is 2.67. The molecule has 3 aromatic carbocycles. The Balaban J connectivity index is 1.67. The summed E-state index contributed by atoms with van der Waals surface area (Å²) in [5, 5.41) is 2.88. The summed E-state index contributed by atoms with van der Waals surface area (Å²) in [6, 6.07) is 22.3. The van der Waals surface area contributed by atoms with Gasteiger partial charge in [-0.2, -0.15) is 0 Å². The molecule has 0 unspecified atom stereocenters. The van der Waals surface area contributed by atoms with Crippen molar-refractivity contribution in [2.75, 3.05) is 12.4 Å². The summed E-state index contributed by atoms with van der Waals surface area (Å²) in [6.07, 6.45) is 0. The maximum absolute atomic E-state index is 12.5. The van der Waals surface area contributed by atoms with E-state index >= 15 is 0 Å². The van der Waals surface area contributed by atoms with Gasteiger partial charge in [-0.3, -0.25) is 4.79 Å². The SMILES string of the molecule is COc1cccc(NC(=O)c2cccc(COc3cccc(Br)c3)c2)c1. The molecule has 0 atom stereocenters. The van der Waals surface area contributed by atoms with Crippen molar-refractivity contribution >= 4 is 27.5 Å². The smallest absolute Gasteiger partial charge is 0.255 e. The van der Waals surface area contributed by atoms with Gasteiger partial charge in [-0.25, -0.2) is 0 Å². The molecule has 0 aliphatic heterocycles. The first-order chi connectivity index (χ1) is 12.6. The molecular formula is C21H18BrNO3. The Kier molecular flexibility index (Phi) is 5.92. The minimum Gasteiger partial charge on any atom is -0.497 e. The Labute approximate surface area is 160 Å². The maximum Gasteiger partial charge on any atom is 0.255 e. The summed E-state index contributed by atoms with van der Waals surface area (Å²) in [4.78, 5) is 12.5. The Hall–Kier alpha value is -2.79. The fraction of sp³-hybridized carbons (Fsp3) is 0.0952. The van der Waals surface area contributed by atoms with Gasteiger partial charge in [-0.1, -0.05) is 40.2 Å². The Morgan fingerprint density at radius 1 is 0.962 bits per heavy atom. The first kappa shape index (κ1) is 18.0. The van der Waals surface area contributed by atoms with Gasteiger partial charge in [-0.15, -0.1) is 0 Å². The highest BCUT2D eigenvalue weighted by Gasteiger charge is 2.08. The second kappa shape index (κ2) is 8.54. The van der Waals surface area contributed by atoms with Gasteiger partial charge < -0.3 is 14.8 Å². The van der Waals surface area contributed by atoms with E-state index < -0.39 is 0 Å². The lowest BCUT2D eigenvalue weighted by molar-refractivity contribution is 0.102. The number of methoxy groups -OCH3 is 1. The molecule has 0 saturated heterocycles. The highest BCUT2D eigenvalue weighted by Crippen LogP contribution is 2.20. The van der Waals surface area contributed by atoms with Crippen LogP contribution in [0.15, 0.2) is 77.3 Å². The van der Waals surface area contributed by atoms with Crippen molar-refractivity contribution in [3.8, 4) is 11.5 Å². The van der Waals surface area contributed by atoms with Crippen LogP contribution in [0.5, 0.6) is 11.5 Å². The van der Waals surface area contributed by atoms with E-state index in [1.165, 1.54) is 0 Å².